The molecule has 0 aliphatic carbocycles. The Bertz CT molecular complexity index is 489. The highest BCUT2D eigenvalue weighted by atomic mass is 35.5. The van der Waals surface area contributed by atoms with Crippen LogP contribution in [0.3, 0.4) is 0 Å². The maximum Gasteiger partial charge on any atom is 0.198 e. The molecule has 0 bridgehead atoms. The van der Waals surface area contributed by atoms with Gasteiger partial charge in [-0.25, -0.2) is 4.98 Å². The summed E-state index contributed by atoms with van der Waals surface area (Å²) in [4.78, 5) is 4.19. The Hall–Kier alpha value is -1.16. The van der Waals surface area contributed by atoms with Gasteiger partial charge in [0.2, 0.25) is 0 Å². The second-order valence-corrected chi connectivity index (χ2v) is 3.56. The molecule has 0 aliphatic heterocycles. The number of hydrogen-bond acceptors (Lipinski definition) is 3. The number of fused-ring (bicyclic) bond motifs is 1. The molecule has 0 fully saturated rings. The van der Waals surface area contributed by atoms with Crippen molar-refractivity contribution >= 4 is 17.2 Å². The van der Waals surface area contributed by atoms with E-state index in [9.17, 15) is 0 Å². The first-order valence-corrected chi connectivity index (χ1v) is 4.89. The predicted molar refractivity (Wildman–Crippen MR) is 54.6 cm³/mol. The maximum atomic E-state index is 5.97. The monoisotopic (exact) mass is 210 g/mol. The van der Waals surface area contributed by atoms with Crippen LogP contribution in [-0.2, 0) is 6.42 Å². The fourth-order valence-corrected chi connectivity index (χ4v) is 1.72. The van der Waals surface area contributed by atoms with E-state index < -0.39 is 0 Å². The van der Waals surface area contributed by atoms with Crippen molar-refractivity contribution in [1.82, 2.24) is 19.6 Å². The molecule has 74 valence electrons. The molecule has 0 N–H and O–H groups in total. The molecule has 0 amide bonds. The molecule has 0 atom stereocenters. The number of aryl methyl sites for hydroxylation is 3. The summed E-state index contributed by atoms with van der Waals surface area (Å²) in [6, 6.07) is 0. The van der Waals surface area contributed by atoms with Crippen molar-refractivity contribution in [2.75, 3.05) is 0 Å². The molecule has 0 saturated carbocycles. The highest BCUT2D eigenvalue weighted by Crippen LogP contribution is 2.18. The van der Waals surface area contributed by atoms with Gasteiger partial charge in [-0.1, -0.05) is 18.5 Å². The third-order valence-corrected chi connectivity index (χ3v) is 2.61. The Balaban J connectivity index is 2.92. The van der Waals surface area contributed by atoms with Crippen molar-refractivity contribution < 1.29 is 0 Å². The van der Waals surface area contributed by atoms with Crippen LogP contribution in [0.4, 0.5) is 0 Å². The molecule has 2 aromatic rings. The van der Waals surface area contributed by atoms with E-state index in [4.69, 9.17) is 11.6 Å². The maximum absolute atomic E-state index is 5.97. The van der Waals surface area contributed by atoms with Gasteiger partial charge in [-0.3, -0.25) is 4.40 Å². The molecular weight excluding hydrogens is 200 g/mol. The van der Waals surface area contributed by atoms with Crippen LogP contribution in [0.1, 0.15) is 24.1 Å². The van der Waals surface area contributed by atoms with E-state index in [1.165, 1.54) is 0 Å². The third-order valence-electron chi connectivity index (χ3n) is 2.36. The van der Waals surface area contributed by atoms with Gasteiger partial charge in [-0.05, 0) is 13.8 Å². The number of rotatable bonds is 1. The zero-order valence-corrected chi connectivity index (χ0v) is 9.13. The Morgan fingerprint density at radius 3 is 2.64 bits per heavy atom. The summed E-state index contributed by atoms with van der Waals surface area (Å²) in [6.45, 7) is 5.97. The van der Waals surface area contributed by atoms with Crippen LogP contribution < -0.4 is 0 Å². The van der Waals surface area contributed by atoms with Gasteiger partial charge in [-0.15, -0.1) is 10.2 Å². The van der Waals surface area contributed by atoms with Gasteiger partial charge in [0.15, 0.2) is 10.8 Å². The lowest BCUT2D eigenvalue weighted by Gasteiger charge is -2.05. The smallest absolute Gasteiger partial charge is 0.198 e. The van der Waals surface area contributed by atoms with Gasteiger partial charge in [0.25, 0.3) is 0 Å². The highest BCUT2D eigenvalue weighted by Gasteiger charge is 2.12. The van der Waals surface area contributed by atoms with E-state index in [1.54, 1.807) is 0 Å². The lowest BCUT2D eigenvalue weighted by atomic mass is 10.3. The minimum atomic E-state index is 0.417. The van der Waals surface area contributed by atoms with Crippen LogP contribution in [0.25, 0.3) is 5.65 Å². The van der Waals surface area contributed by atoms with Gasteiger partial charge in [0.05, 0.1) is 5.69 Å². The second-order valence-electron chi connectivity index (χ2n) is 3.20. The van der Waals surface area contributed by atoms with Gasteiger partial charge in [-0.2, -0.15) is 0 Å². The van der Waals surface area contributed by atoms with E-state index in [-0.39, 0.29) is 0 Å². The first kappa shape index (κ1) is 9.40. The molecule has 2 aromatic heterocycles. The number of hydrogen-bond donors (Lipinski definition) is 0. The second kappa shape index (κ2) is 3.20. The largest absolute Gasteiger partial charge is 0.279 e. The summed E-state index contributed by atoms with van der Waals surface area (Å²) in [7, 11) is 0. The van der Waals surface area contributed by atoms with E-state index in [2.05, 4.69) is 15.2 Å². The highest BCUT2D eigenvalue weighted by molar-refractivity contribution is 6.32. The summed E-state index contributed by atoms with van der Waals surface area (Å²) in [5, 5.41) is 8.49. The molecule has 0 unspecified atom stereocenters. The normalized spacial score (nSPS) is 11.1. The minimum Gasteiger partial charge on any atom is -0.279 e. The Kier molecular flexibility index (Phi) is 2.15. The number of aromatic nitrogens is 4. The first-order chi connectivity index (χ1) is 6.65. The van der Waals surface area contributed by atoms with Gasteiger partial charge < -0.3 is 0 Å². The number of halogens is 1. The molecule has 4 nitrogen and oxygen atoms in total. The van der Waals surface area contributed by atoms with Crippen LogP contribution in [0, 0.1) is 13.8 Å². The molecule has 0 saturated heterocycles. The average Bonchev–Trinajstić information content (AvgIpc) is 2.58. The van der Waals surface area contributed by atoms with Crippen molar-refractivity contribution in [2.24, 2.45) is 0 Å². The van der Waals surface area contributed by atoms with E-state index in [0.717, 1.165) is 23.6 Å². The summed E-state index contributed by atoms with van der Waals surface area (Å²) in [6.07, 6.45) is 0.835. The van der Waals surface area contributed by atoms with Crippen LogP contribution in [-0.4, -0.2) is 19.6 Å². The molecule has 14 heavy (non-hydrogen) atoms. The van der Waals surface area contributed by atoms with Crippen LogP contribution >= 0.6 is 11.6 Å². The van der Waals surface area contributed by atoms with E-state index in [1.807, 2.05) is 25.2 Å². The fourth-order valence-electron chi connectivity index (χ4n) is 1.47. The molecule has 2 rings (SSSR count). The van der Waals surface area contributed by atoms with E-state index >= 15 is 0 Å². The van der Waals surface area contributed by atoms with Gasteiger partial charge in [0, 0.05) is 12.1 Å². The van der Waals surface area contributed by atoms with Crippen LogP contribution in [0.5, 0.6) is 0 Å². The zero-order valence-electron chi connectivity index (χ0n) is 8.37. The van der Waals surface area contributed by atoms with Gasteiger partial charge >= 0.3 is 0 Å². The fraction of sp³-hybridized carbons (Fsp3) is 0.444. The molecule has 0 aromatic carbocycles. The topological polar surface area (TPSA) is 43.1 Å². The number of nitrogens with zero attached hydrogens (tertiary/aromatic N) is 4. The van der Waals surface area contributed by atoms with Crippen molar-refractivity contribution in [1.29, 1.82) is 0 Å². The average molecular weight is 211 g/mol. The van der Waals surface area contributed by atoms with E-state index in [0.29, 0.717) is 10.8 Å². The lowest BCUT2D eigenvalue weighted by molar-refractivity contribution is 0.877. The standard InChI is InChI=1S/C9H11ClN4/c1-4-7-12-13-9-8(10)11-5(2)6(3)14(7)9/h4H2,1-3H3. The van der Waals surface area contributed by atoms with Crippen molar-refractivity contribution in [3.8, 4) is 0 Å². The zero-order chi connectivity index (χ0) is 10.3. The van der Waals surface area contributed by atoms with Crippen LogP contribution in [0.15, 0.2) is 0 Å². The molecule has 2 heterocycles. The predicted octanol–water partition coefficient (Wildman–Crippen LogP) is 1.96. The molecule has 0 spiro atoms. The summed E-state index contributed by atoms with van der Waals surface area (Å²) in [5.74, 6) is 0.921. The van der Waals surface area contributed by atoms with Crippen molar-refractivity contribution in [2.45, 2.75) is 27.2 Å². The Morgan fingerprint density at radius 2 is 2.00 bits per heavy atom. The molecular formula is C9H11ClN4. The van der Waals surface area contributed by atoms with Crippen LogP contribution in [0.2, 0.25) is 5.15 Å². The summed E-state index contributed by atoms with van der Waals surface area (Å²) >= 11 is 5.97. The third kappa shape index (κ3) is 1.18. The lowest BCUT2D eigenvalue weighted by Crippen LogP contribution is -2.02. The van der Waals surface area contributed by atoms with Crippen molar-refractivity contribution in [3.05, 3.63) is 22.4 Å². The summed E-state index contributed by atoms with van der Waals surface area (Å²) < 4.78 is 1.96. The molecule has 0 aliphatic rings. The first-order valence-electron chi connectivity index (χ1n) is 4.51. The quantitative estimate of drug-likeness (QED) is 0.723. The SMILES string of the molecule is CCc1nnc2c(Cl)nc(C)c(C)n12. The van der Waals surface area contributed by atoms with Gasteiger partial charge in [0.1, 0.15) is 5.82 Å². The molecule has 5 heteroatoms. The molecule has 0 radical (unpaired) electrons. The summed E-state index contributed by atoms with van der Waals surface area (Å²) in [5.41, 5.74) is 2.61. The Morgan fingerprint density at radius 1 is 1.29 bits per heavy atom. The van der Waals surface area contributed by atoms with Crippen molar-refractivity contribution in [3.63, 3.8) is 0 Å². The Labute approximate surface area is 86.9 Å². The minimum absolute atomic E-state index is 0.417.